The van der Waals surface area contributed by atoms with Crippen molar-refractivity contribution in [3.05, 3.63) is 42.2 Å². The van der Waals surface area contributed by atoms with Crippen molar-refractivity contribution in [1.82, 2.24) is 0 Å². The predicted molar refractivity (Wildman–Crippen MR) is 60.6 cm³/mol. The maximum atomic E-state index is 5.83. The van der Waals surface area contributed by atoms with Crippen LogP contribution in [0.15, 0.2) is 41.0 Å². The topological polar surface area (TPSA) is 13.1 Å². The Morgan fingerprint density at radius 2 is 2.14 bits per heavy atom. The molecule has 0 spiro atoms. The van der Waals surface area contributed by atoms with E-state index in [0.29, 0.717) is 0 Å². The van der Waals surface area contributed by atoms with Gasteiger partial charge in [-0.25, -0.2) is 0 Å². The van der Waals surface area contributed by atoms with Crippen LogP contribution in [0.25, 0.3) is 17.0 Å². The van der Waals surface area contributed by atoms with Crippen LogP contribution in [0.4, 0.5) is 0 Å². The van der Waals surface area contributed by atoms with Gasteiger partial charge in [0, 0.05) is 16.3 Å². The molecule has 0 N–H and O–H groups in total. The summed E-state index contributed by atoms with van der Waals surface area (Å²) in [5.74, 6) is 0. The van der Waals surface area contributed by atoms with Crippen LogP contribution in [0, 0.1) is 0 Å². The molecule has 0 aliphatic carbocycles. The lowest BCUT2D eigenvalue weighted by Gasteiger charge is -1.91. The van der Waals surface area contributed by atoms with Crippen LogP contribution in [0.2, 0.25) is 0 Å². The average Bonchev–Trinajstić information content (AvgIpc) is 2.58. The number of furan rings is 1. The Labute approximate surface area is 88.0 Å². The summed E-state index contributed by atoms with van der Waals surface area (Å²) in [5, 5.41) is 1.17. The predicted octanol–water partition coefficient (Wildman–Crippen LogP) is 4.07. The van der Waals surface area contributed by atoms with Crippen LogP contribution in [0.1, 0.15) is 12.5 Å². The molecule has 0 aliphatic rings. The average molecular weight is 207 g/mol. The first-order valence-electron chi connectivity index (χ1n) is 4.56. The molecule has 14 heavy (non-hydrogen) atoms. The molecular formula is C12H11ClO. The summed E-state index contributed by atoms with van der Waals surface area (Å²) in [7, 11) is 0. The number of halogens is 1. The smallest absolute Gasteiger partial charge is 0.134 e. The van der Waals surface area contributed by atoms with Crippen molar-refractivity contribution < 1.29 is 4.42 Å². The maximum absolute atomic E-state index is 5.83. The first-order chi connectivity index (χ1) is 6.77. The van der Waals surface area contributed by atoms with Gasteiger partial charge in [-0.05, 0) is 13.0 Å². The molecule has 0 amide bonds. The monoisotopic (exact) mass is 206 g/mol. The highest BCUT2D eigenvalue weighted by molar-refractivity contribution is 6.21. The number of benzene rings is 1. The number of alkyl halides is 1. The SMILES string of the molecule is CC(Cl)/C=C/c1coc2ccccc12. The van der Waals surface area contributed by atoms with Gasteiger partial charge < -0.3 is 4.42 Å². The van der Waals surface area contributed by atoms with Gasteiger partial charge in [0.15, 0.2) is 0 Å². The third-order valence-electron chi connectivity index (χ3n) is 2.05. The standard InChI is InChI=1S/C12H11ClO/c1-9(13)6-7-10-8-14-12-5-3-2-4-11(10)12/h2-9H,1H3/b7-6+. The fraction of sp³-hybridized carbons (Fsp3) is 0.167. The van der Waals surface area contributed by atoms with Crippen LogP contribution in [-0.4, -0.2) is 5.38 Å². The van der Waals surface area contributed by atoms with Crippen LogP contribution < -0.4 is 0 Å². The van der Waals surface area contributed by atoms with Crippen molar-refractivity contribution in [2.75, 3.05) is 0 Å². The molecule has 0 saturated heterocycles. The summed E-state index contributed by atoms with van der Waals surface area (Å²) in [5.41, 5.74) is 1.99. The number of allylic oxidation sites excluding steroid dienone is 1. The van der Waals surface area contributed by atoms with Crippen molar-refractivity contribution in [2.45, 2.75) is 12.3 Å². The molecule has 1 unspecified atom stereocenters. The van der Waals surface area contributed by atoms with Crippen molar-refractivity contribution in [2.24, 2.45) is 0 Å². The van der Waals surface area contributed by atoms with E-state index in [9.17, 15) is 0 Å². The van der Waals surface area contributed by atoms with E-state index >= 15 is 0 Å². The molecule has 1 nitrogen and oxygen atoms in total. The molecule has 0 fully saturated rings. The maximum Gasteiger partial charge on any atom is 0.134 e. The van der Waals surface area contributed by atoms with Gasteiger partial charge >= 0.3 is 0 Å². The first-order valence-corrected chi connectivity index (χ1v) is 4.99. The molecule has 1 aromatic heterocycles. The van der Waals surface area contributed by atoms with E-state index in [2.05, 4.69) is 0 Å². The van der Waals surface area contributed by atoms with E-state index < -0.39 is 0 Å². The van der Waals surface area contributed by atoms with E-state index in [4.69, 9.17) is 16.0 Å². The van der Waals surface area contributed by atoms with Crippen LogP contribution in [0.3, 0.4) is 0 Å². The van der Waals surface area contributed by atoms with E-state index in [1.54, 1.807) is 6.26 Å². The first kappa shape index (κ1) is 9.35. The third-order valence-corrected chi connectivity index (χ3v) is 2.20. The van der Waals surface area contributed by atoms with Crippen LogP contribution >= 0.6 is 11.6 Å². The summed E-state index contributed by atoms with van der Waals surface area (Å²) in [6.07, 6.45) is 5.68. The number of fused-ring (bicyclic) bond motifs is 1. The molecule has 2 heteroatoms. The normalized spacial score (nSPS) is 13.9. The van der Waals surface area contributed by atoms with E-state index in [-0.39, 0.29) is 5.38 Å². The zero-order valence-electron chi connectivity index (χ0n) is 7.91. The second-order valence-electron chi connectivity index (χ2n) is 3.22. The van der Waals surface area contributed by atoms with Crippen molar-refractivity contribution in [3.63, 3.8) is 0 Å². The zero-order valence-corrected chi connectivity index (χ0v) is 8.66. The Morgan fingerprint density at radius 1 is 1.36 bits per heavy atom. The van der Waals surface area contributed by atoms with Gasteiger partial charge in [-0.1, -0.05) is 30.4 Å². The van der Waals surface area contributed by atoms with Gasteiger partial charge in [0.1, 0.15) is 5.58 Å². The van der Waals surface area contributed by atoms with Gasteiger partial charge in [-0.15, -0.1) is 11.6 Å². The second-order valence-corrected chi connectivity index (χ2v) is 3.91. The molecule has 2 aromatic rings. The van der Waals surface area contributed by atoms with Crippen molar-refractivity contribution in [3.8, 4) is 0 Å². The molecular weight excluding hydrogens is 196 g/mol. The Kier molecular flexibility index (Phi) is 2.60. The Morgan fingerprint density at radius 3 is 2.93 bits per heavy atom. The van der Waals surface area contributed by atoms with Crippen molar-refractivity contribution in [1.29, 1.82) is 0 Å². The molecule has 2 rings (SSSR count). The van der Waals surface area contributed by atoms with Gasteiger partial charge in [0.05, 0.1) is 6.26 Å². The summed E-state index contributed by atoms with van der Waals surface area (Å²) in [6, 6.07) is 7.96. The van der Waals surface area contributed by atoms with E-state index in [1.807, 2.05) is 43.3 Å². The zero-order chi connectivity index (χ0) is 9.97. The number of rotatable bonds is 2. The summed E-state index contributed by atoms with van der Waals surface area (Å²) in [6.45, 7) is 1.93. The lowest BCUT2D eigenvalue weighted by atomic mass is 10.1. The number of hydrogen-bond acceptors (Lipinski definition) is 1. The van der Waals surface area contributed by atoms with E-state index in [0.717, 1.165) is 16.5 Å². The fourth-order valence-corrected chi connectivity index (χ4v) is 1.44. The Hall–Kier alpha value is -1.21. The summed E-state index contributed by atoms with van der Waals surface area (Å²) in [4.78, 5) is 0. The Balaban J connectivity index is 2.43. The minimum Gasteiger partial charge on any atom is -0.464 e. The minimum atomic E-state index is 0.0451. The molecule has 1 aromatic carbocycles. The second kappa shape index (κ2) is 3.89. The highest BCUT2D eigenvalue weighted by atomic mass is 35.5. The van der Waals surface area contributed by atoms with Crippen LogP contribution in [0.5, 0.6) is 0 Å². The minimum absolute atomic E-state index is 0.0451. The third kappa shape index (κ3) is 1.83. The number of hydrogen-bond donors (Lipinski definition) is 0. The molecule has 0 aliphatic heterocycles. The van der Waals surface area contributed by atoms with Gasteiger partial charge in [-0.3, -0.25) is 0 Å². The molecule has 1 heterocycles. The molecule has 1 atom stereocenters. The molecule has 72 valence electrons. The quantitative estimate of drug-likeness (QED) is 0.675. The number of para-hydroxylation sites is 1. The van der Waals surface area contributed by atoms with Gasteiger partial charge in [-0.2, -0.15) is 0 Å². The molecule has 0 bridgehead atoms. The molecule has 0 saturated carbocycles. The fourth-order valence-electron chi connectivity index (χ4n) is 1.36. The highest BCUT2D eigenvalue weighted by Gasteiger charge is 2.01. The van der Waals surface area contributed by atoms with Crippen molar-refractivity contribution >= 4 is 28.6 Å². The summed E-state index contributed by atoms with van der Waals surface area (Å²) < 4.78 is 5.39. The molecule has 0 radical (unpaired) electrons. The largest absolute Gasteiger partial charge is 0.464 e. The van der Waals surface area contributed by atoms with Gasteiger partial charge in [0.2, 0.25) is 0 Å². The van der Waals surface area contributed by atoms with E-state index in [1.165, 1.54) is 0 Å². The highest BCUT2D eigenvalue weighted by Crippen LogP contribution is 2.21. The van der Waals surface area contributed by atoms with Gasteiger partial charge in [0.25, 0.3) is 0 Å². The lowest BCUT2D eigenvalue weighted by Crippen LogP contribution is -1.79. The van der Waals surface area contributed by atoms with Crippen LogP contribution in [-0.2, 0) is 0 Å². The summed E-state index contributed by atoms with van der Waals surface area (Å²) >= 11 is 5.83. The Bertz CT molecular complexity index is 454. The lowest BCUT2D eigenvalue weighted by molar-refractivity contribution is 0.615.